The van der Waals surface area contributed by atoms with Gasteiger partial charge in [-0.05, 0) is 101 Å². The topological polar surface area (TPSA) is 115 Å². The van der Waals surface area contributed by atoms with Gasteiger partial charge in [0.2, 0.25) is 0 Å². The van der Waals surface area contributed by atoms with Gasteiger partial charge in [0.25, 0.3) is 5.88 Å². The molecular weight excluding hydrogens is 644 g/mol. The number of ether oxygens (including phenoxy) is 3. The average Bonchev–Trinajstić information content (AvgIpc) is 3.71. The molecule has 49 heavy (non-hydrogen) atoms. The quantitative estimate of drug-likeness (QED) is 0.156. The second-order valence-corrected chi connectivity index (χ2v) is 19.8. The number of nitrogens with one attached hydrogen (secondary N) is 1. The molecule has 4 heterocycles. The number of aromatic nitrogens is 5. The van der Waals surface area contributed by atoms with E-state index in [-0.39, 0.29) is 23.2 Å². The number of amides is 1. The average molecular weight is 693 g/mol. The summed E-state index contributed by atoms with van der Waals surface area (Å²) in [6, 6.07) is 12.0. The van der Waals surface area contributed by atoms with Crippen LogP contribution >= 0.6 is 0 Å². The van der Waals surface area contributed by atoms with E-state index in [1.165, 1.54) is 6.07 Å². The third-order valence-corrected chi connectivity index (χ3v) is 13.3. The number of hydrogen-bond donors (Lipinski definition) is 1. The maximum Gasteiger partial charge on any atom is 0.408 e. The number of carbonyl (C=O) groups is 1. The molecule has 13 heteroatoms. The third kappa shape index (κ3) is 9.55. The Bertz CT molecular complexity index is 1700. The molecule has 1 aromatic carbocycles. The van der Waals surface area contributed by atoms with Crippen molar-refractivity contribution in [2.24, 2.45) is 0 Å². The van der Waals surface area contributed by atoms with Gasteiger partial charge in [0.1, 0.15) is 11.4 Å². The number of benzene rings is 1. The van der Waals surface area contributed by atoms with Gasteiger partial charge in [-0.25, -0.2) is 18.9 Å². The van der Waals surface area contributed by atoms with Crippen LogP contribution in [0.25, 0.3) is 22.5 Å². The Morgan fingerprint density at radius 1 is 1.08 bits per heavy atom. The Morgan fingerprint density at radius 3 is 2.49 bits per heavy atom. The zero-order valence-corrected chi connectivity index (χ0v) is 30.8. The molecule has 1 fully saturated rings. The lowest BCUT2D eigenvalue weighted by atomic mass is 10.1. The Kier molecular flexibility index (Phi) is 10.9. The molecule has 1 aliphatic heterocycles. The molecule has 0 spiro atoms. The first-order chi connectivity index (χ1) is 23.1. The van der Waals surface area contributed by atoms with E-state index in [1.54, 1.807) is 33.9 Å². The molecule has 11 nitrogen and oxygen atoms in total. The minimum atomic E-state index is -2.06. The van der Waals surface area contributed by atoms with E-state index >= 15 is 4.39 Å². The molecule has 5 rings (SSSR count). The van der Waals surface area contributed by atoms with Gasteiger partial charge in [-0.3, -0.25) is 4.68 Å². The predicted octanol–water partition coefficient (Wildman–Crippen LogP) is 8.35. The Hall–Kier alpha value is -4.07. The maximum atomic E-state index is 15.2. The van der Waals surface area contributed by atoms with Crippen LogP contribution in [-0.4, -0.2) is 63.8 Å². The van der Waals surface area contributed by atoms with Gasteiger partial charge < -0.3 is 24.0 Å². The summed E-state index contributed by atoms with van der Waals surface area (Å²) in [5, 5.41) is 12.2. The SMILES string of the molecule is CC(C)(C)OC(=O)N[C@H](CO[Si](C)(C)C(C)(C)C)Cn1ccc(-c2ccc(Oc3ncc(-c4ccnn4C4CCCCO4)cc3F)cc2)n1. The zero-order chi connectivity index (χ0) is 35.4. The summed E-state index contributed by atoms with van der Waals surface area (Å²) < 4.78 is 42.4. The zero-order valence-electron chi connectivity index (χ0n) is 29.8. The van der Waals surface area contributed by atoms with Crippen LogP contribution < -0.4 is 10.1 Å². The van der Waals surface area contributed by atoms with Crippen molar-refractivity contribution in [1.82, 2.24) is 29.9 Å². The molecule has 1 unspecified atom stereocenters. The first kappa shape index (κ1) is 36.2. The predicted molar refractivity (Wildman–Crippen MR) is 188 cm³/mol. The second kappa shape index (κ2) is 14.8. The van der Waals surface area contributed by atoms with E-state index in [9.17, 15) is 4.79 Å². The molecule has 1 N–H and O–H groups in total. The number of halogens is 1. The summed E-state index contributed by atoms with van der Waals surface area (Å²) in [7, 11) is -2.06. The minimum absolute atomic E-state index is 0.0259. The smallest absolute Gasteiger partial charge is 0.408 e. The van der Waals surface area contributed by atoms with E-state index in [2.05, 4.69) is 49.3 Å². The fourth-order valence-electron chi connectivity index (χ4n) is 5.12. The van der Waals surface area contributed by atoms with Crippen molar-refractivity contribution in [2.45, 2.75) is 103 Å². The molecule has 4 aromatic rings. The molecule has 1 saturated heterocycles. The van der Waals surface area contributed by atoms with Gasteiger partial charge in [-0.2, -0.15) is 10.2 Å². The van der Waals surface area contributed by atoms with Crippen LogP contribution in [0, 0.1) is 5.82 Å². The highest BCUT2D eigenvalue weighted by Gasteiger charge is 2.38. The van der Waals surface area contributed by atoms with Crippen LogP contribution in [0.2, 0.25) is 18.1 Å². The largest absolute Gasteiger partial charge is 0.444 e. The van der Waals surface area contributed by atoms with Crippen molar-refractivity contribution in [3.8, 4) is 34.1 Å². The summed E-state index contributed by atoms with van der Waals surface area (Å²) in [6.07, 6.45) is 7.42. The van der Waals surface area contributed by atoms with Crippen molar-refractivity contribution >= 4 is 14.4 Å². The number of alkyl carbamates (subject to hydrolysis) is 1. The molecule has 264 valence electrons. The van der Waals surface area contributed by atoms with Gasteiger partial charge in [0.15, 0.2) is 20.4 Å². The summed E-state index contributed by atoms with van der Waals surface area (Å²) in [5.41, 5.74) is 2.30. The van der Waals surface area contributed by atoms with Crippen LogP contribution in [0.4, 0.5) is 9.18 Å². The van der Waals surface area contributed by atoms with Crippen molar-refractivity contribution in [3.63, 3.8) is 0 Å². The van der Waals surface area contributed by atoms with Crippen LogP contribution in [0.3, 0.4) is 0 Å². The molecule has 0 bridgehead atoms. The van der Waals surface area contributed by atoms with E-state index in [1.807, 2.05) is 51.2 Å². The molecule has 1 amide bonds. The van der Waals surface area contributed by atoms with Gasteiger partial charge in [0, 0.05) is 36.3 Å². The van der Waals surface area contributed by atoms with Crippen molar-refractivity contribution in [3.05, 3.63) is 66.9 Å². The van der Waals surface area contributed by atoms with Gasteiger partial charge in [-0.15, -0.1) is 0 Å². The molecule has 0 saturated carbocycles. The number of nitrogens with zero attached hydrogens (tertiary/aromatic N) is 5. The number of carbonyl (C=O) groups excluding carboxylic acids is 1. The molecular formula is C36H49FN6O5Si. The lowest BCUT2D eigenvalue weighted by Gasteiger charge is -2.37. The third-order valence-electron chi connectivity index (χ3n) is 8.79. The van der Waals surface area contributed by atoms with Gasteiger partial charge in [0.05, 0.1) is 30.6 Å². The highest BCUT2D eigenvalue weighted by atomic mass is 28.4. The molecule has 0 aliphatic carbocycles. The monoisotopic (exact) mass is 692 g/mol. The highest BCUT2D eigenvalue weighted by molar-refractivity contribution is 6.74. The minimum Gasteiger partial charge on any atom is -0.444 e. The van der Waals surface area contributed by atoms with Crippen molar-refractivity contribution < 1.29 is 27.8 Å². The number of hydrogen-bond acceptors (Lipinski definition) is 8. The van der Waals surface area contributed by atoms with Crippen LogP contribution in [0.1, 0.15) is 67.0 Å². The molecule has 2 atom stereocenters. The Morgan fingerprint density at radius 2 is 1.84 bits per heavy atom. The summed E-state index contributed by atoms with van der Waals surface area (Å²) in [4.78, 5) is 16.9. The first-order valence-electron chi connectivity index (χ1n) is 16.8. The fourth-order valence-corrected chi connectivity index (χ4v) is 6.17. The van der Waals surface area contributed by atoms with E-state index < -0.39 is 25.8 Å². The van der Waals surface area contributed by atoms with Crippen LogP contribution in [0.15, 0.2) is 61.1 Å². The lowest BCUT2D eigenvalue weighted by molar-refractivity contribution is -0.0383. The van der Waals surface area contributed by atoms with E-state index in [0.717, 1.165) is 36.2 Å². The normalized spacial score (nSPS) is 16.3. The second-order valence-electron chi connectivity index (χ2n) is 15.0. The fraction of sp³-hybridized carbons (Fsp3) is 0.500. The van der Waals surface area contributed by atoms with Gasteiger partial charge in [-0.1, -0.05) is 20.8 Å². The number of pyridine rings is 1. The van der Waals surface area contributed by atoms with Crippen LogP contribution in [-0.2, 0) is 20.4 Å². The van der Waals surface area contributed by atoms with Crippen LogP contribution in [0.5, 0.6) is 11.6 Å². The van der Waals surface area contributed by atoms with Crippen molar-refractivity contribution in [2.75, 3.05) is 13.2 Å². The van der Waals surface area contributed by atoms with Crippen molar-refractivity contribution in [1.29, 1.82) is 0 Å². The lowest BCUT2D eigenvalue weighted by Crippen LogP contribution is -2.48. The summed E-state index contributed by atoms with van der Waals surface area (Å²) in [5.74, 6) is -0.263. The van der Waals surface area contributed by atoms with E-state index in [4.69, 9.17) is 23.7 Å². The Labute approximate surface area is 289 Å². The Balaban J connectivity index is 1.24. The maximum absolute atomic E-state index is 15.2. The molecule has 0 radical (unpaired) electrons. The molecule has 3 aromatic heterocycles. The summed E-state index contributed by atoms with van der Waals surface area (Å²) >= 11 is 0. The molecule has 1 aliphatic rings. The van der Waals surface area contributed by atoms with Gasteiger partial charge >= 0.3 is 6.09 Å². The first-order valence-corrected chi connectivity index (χ1v) is 19.7. The summed E-state index contributed by atoms with van der Waals surface area (Å²) in [6.45, 7) is 17.8. The standard InChI is InChI=1S/C36H49FN6O5Si/c1-35(2,3)48-34(44)40-27(24-46-49(7,8)36(4,5)6)23-42-19-17-30(41-42)25-12-14-28(15-13-25)47-33-29(37)21-26(22-38-33)31-16-18-39-43(31)32-11-9-10-20-45-32/h12-19,21-22,27,32H,9-11,20,23-24H2,1-8H3,(H,40,44)/t27-,32?/m0/s1. The highest BCUT2D eigenvalue weighted by Crippen LogP contribution is 2.37. The number of rotatable bonds is 11. The van der Waals surface area contributed by atoms with E-state index in [0.29, 0.717) is 31.1 Å².